The molecule has 0 saturated carbocycles. The van der Waals surface area contributed by atoms with Gasteiger partial charge in [-0.1, -0.05) is 23.7 Å². The lowest BCUT2D eigenvalue weighted by Gasteiger charge is -2.14. The Morgan fingerprint density at radius 2 is 1.88 bits per heavy atom. The molecule has 0 saturated heterocycles. The summed E-state index contributed by atoms with van der Waals surface area (Å²) < 4.78 is 50.1. The maximum absolute atomic E-state index is 13.0. The van der Waals surface area contributed by atoms with Gasteiger partial charge in [0.15, 0.2) is 11.5 Å². The van der Waals surface area contributed by atoms with Crippen LogP contribution in [0.25, 0.3) is 0 Å². The number of hydrogen-bond donors (Lipinski definition) is 1. The van der Waals surface area contributed by atoms with E-state index in [0.717, 1.165) is 12.1 Å². The zero-order chi connectivity index (χ0) is 18.7. The summed E-state index contributed by atoms with van der Waals surface area (Å²) in [5.41, 5.74) is -0.813. The van der Waals surface area contributed by atoms with E-state index in [-0.39, 0.29) is 6.54 Å². The summed E-state index contributed by atoms with van der Waals surface area (Å²) in [7, 11) is 0. The summed E-state index contributed by atoms with van der Waals surface area (Å²) >= 11 is 6.17. The largest absolute Gasteiger partial charge is 0.489 e. The van der Waals surface area contributed by atoms with Crippen molar-refractivity contribution in [3.05, 3.63) is 58.1 Å². The number of nitrogens with one attached hydrogen (secondary N) is 1. The van der Waals surface area contributed by atoms with E-state index in [0.29, 0.717) is 41.7 Å². The van der Waals surface area contributed by atoms with E-state index in [1.54, 1.807) is 12.1 Å². The smallest absolute Gasteiger partial charge is 0.417 e. The lowest BCUT2D eigenvalue weighted by Crippen LogP contribution is -2.25. The molecule has 2 aromatic carbocycles. The lowest BCUT2D eigenvalue weighted by atomic mass is 10.1. The lowest BCUT2D eigenvalue weighted by molar-refractivity contribution is -0.137. The van der Waals surface area contributed by atoms with Crippen LogP contribution < -0.4 is 14.8 Å². The zero-order valence-electron chi connectivity index (χ0n) is 13.5. The van der Waals surface area contributed by atoms with Gasteiger partial charge < -0.3 is 14.8 Å². The van der Waals surface area contributed by atoms with Crippen LogP contribution in [0.3, 0.4) is 0 Å². The Balaban J connectivity index is 1.77. The Morgan fingerprint density at radius 3 is 2.65 bits per heavy atom. The first-order valence-electron chi connectivity index (χ1n) is 7.88. The van der Waals surface area contributed by atoms with Gasteiger partial charge in [-0.05, 0) is 29.8 Å². The molecule has 138 valence electrons. The molecule has 0 radical (unpaired) electrons. The van der Waals surface area contributed by atoms with E-state index in [1.807, 2.05) is 0 Å². The van der Waals surface area contributed by atoms with Gasteiger partial charge in [0.05, 0.1) is 29.4 Å². The molecule has 26 heavy (non-hydrogen) atoms. The number of alkyl halides is 3. The molecule has 1 aliphatic rings. The van der Waals surface area contributed by atoms with Gasteiger partial charge in [-0.2, -0.15) is 13.2 Å². The second-order valence-electron chi connectivity index (χ2n) is 5.68. The van der Waals surface area contributed by atoms with Gasteiger partial charge in [-0.3, -0.25) is 4.79 Å². The van der Waals surface area contributed by atoms with E-state index in [4.69, 9.17) is 21.1 Å². The van der Waals surface area contributed by atoms with Crippen LogP contribution in [0.15, 0.2) is 36.4 Å². The fourth-order valence-electron chi connectivity index (χ4n) is 2.59. The van der Waals surface area contributed by atoms with Crippen molar-refractivity contribution < 1.29 is 27.4 Å². The van der Waals surface area contributed by atoms with Gasteiger partial charge in [-0.15, -0.1) is 0 Å². The molecular weight excluding hydrogens is 371 g/mol. The van der Waals surface area contributed by atoms with Gasteiger partial charge in [0.2, 0.25) is 0 Å². The molecule has 4 nitrogen and oxygen atoms in total. The monoisotopic (exact) mass is 385 g/mol. The molecule has 0 aliphatic carbocycles. The third kappa shape index (κ3) is 4.04. The van der Waals surface area contributed by atoms with Crippen molar-refractivity contribution >= 4 is 17.5 Å². The fraction of sp³-hybridized carbons (Fsp3) is 0.278. The van der Waals surface area contributed by atoms with Crippen LogP contribution in [-0.4, -0.2) is 19.1 Å². The van der Waals surface area contributed by atoms with Gasteiger partial charge in [-0.25, -0.2) is 0 Å². The molecule has 0 atom stereocenters. The highest BCUT2D eigenvalue weighted by Crippen LogP contribution is 2.38. The van der Waals surface area contributed by atoms with Crippen LogP contribution in [-0.2, 0) is 12.7 Å². The molecule has 0 unspecified atom stereocenters. The minimum Gasteiger partial charge on any atom is -0.489 e. The van der Waals surface area contributed by atoms with Crippen LogP contribution in [0.4, 0.5) is 13.2 Å². The van der Waals surface area contributed by atoms with Gasteiger partial charge in [0.1, 0.15) is 0 Å². The Labute approximate surface area is 152 Å². The summed E-state index contributed by atoms with van der Waals surface area (Å²) in [6.07, 6.45) is -3.89. The van der Waals surface area contributed by atoms with Gasteiger partial charge in [0, 0.05) is 13.0 Å². The number of amides is 1. The molecule has 1 amide bonds. The number of fused-ring (bicyclic) bond motifs is 1. The van der Waals surface area contributed by atoms with E-state index >= 15 is 0 Å². The number of halogens is 4. The Morgan fingerprint density at radius 1 is 1.15 bits per heavy atom. The number of rotatable bonds is 3. The van der Waals surface area contributed by atoms with Crippen molar-refractivity contribution in [3.63, 3.8) is 0 Å². The van der Waals surface area contributed by atoms with Crippen molar-refractivity contribution in [3.8, 4) is 11.5 Å². The highest BCUT2D eigenvalue weighted by Gasteiger charge is 2.34. The average molecular weight is 386 g/mol. The third-order valence-corrected chi connectivity index (χ3v) is 4.07. The summed E-state index contributed by atoms with van der Waals surface area (Å²) in [6.45, 7) is 0.955. The van der Waals surface area contributed by atoms with Crippen molar-refractivity contribution in [2.75, 3.05) is 13.2 Å². The van der Waals surface area contributed by atoms with Crippen LogP contribution in [0, 0.1) is 0 Å². The number of benzene rings is 2. The topological polar surface area (TPSA) is 47.6 Å². The molecule has 8 heteroatoms. The van der Waals surface area contributed by atoms with Crippen LogP contribution in [0.1, 0.15) is 27.9 Å². The highest BCUT2D eigenvalue weighted by atomic mass is 35.5. The van der Waals surface area contributed by atoms with E-state index in [1.165, 1.54) is 12.1 Å². The Hall–Kier alpha value is -2.41. The van der Waals surface area contributed by atoms with Crippen LogP contribution in [0.5, 0.6) is 11.5 Å². The van der Waals surface area contributed by atoms with Crippen molar-refractivity contribution in [2.24, 2.45) is 0 Å². The first-order chi connectivity index (χ1) is 12.4. The Kier molecular flexibility index (Phi) is 5.27. The summed E-state index contributed by atoms with van der Waals surface area (Å²) in [4.78, 5) is 12.2. The molecule has 0 fully saturated rings. The van der Waals surface area contributed by atoms with E-state index < -0.39 is 23.2 Å². The third-order valence-electron chi connectivity index (χ3n) is 3.79. The van der Waals surface area contributed by atoms with Crippen molar-refractivity contribution in [2.45, 2.75) is 19.1 Å². The minimum absolute atomic E-state index is 0.00137. The second-order valence-corrected chi connectivity index (χ2v) is 6.09. The standard InChI is InChI=1S/C18H15ClF3NO3/c19-14-8-11(9-15-16(14)26-7-3-6-25-15)10-23-17(24)12-4-1-2-5-13(12)18(20,21)22/h1-2,4-5,8-9H,3,6-7,10H2,(H,23,24). The predicted molar refractivity (Wildman–Crippen MR) is 89.7 cm³/mol. The van der Waals surface area contributed by atoms with Crippen LogP contribution in [0.2, 0.25) is 5.02 Å². The fourth-order valence-corrected chi connectivity index (χ4v) is 2.88. The molecule has 3 rings (SSSR count). The normalized spacial score (nSPS) is 13.8. The van der Waals surface area contributed by atoms with E-state index in [9.17, 15) is 18.0 Å². The molecule has 1 aliphatic heterocycles. The van der Waals surface area contributed by atoms with Gasteiger partial charge in [0.25, 0.3) is 5.91 Å². The Bertz CT molecular complexity index is 824. The van der Waals surface area contributed by atoms with E-state index in [2.05, 4.69) is 5.32 Å². The second kappa shape index (κ2) is 7.45. The quantitative estimate of drug-likeness (QED) is 0.849. The average Bonchev–Trinajstić information content (AvgIpc) is 2.85. The molecule has 1 N–H and O–H groups in total. The molecule has 0 spiro atoms. The number of carbonyl (C=O) groups is 1. The van der Waals surface area contributed by atoms with Crippen LogP contribution >= 0.6 is 11.6 Å². The number of hydrogen-bond acceptors (Lipinski definition) is 3. The van der Waals surface area contributed by atoms with Gasteiger partial charge >= 0.3 is 6.18 Å². The molecule has 2 aromatic rings. The summed E-state index contributed by atoms with van der Waals surface area (Å²) in [5, 5.41) is 2.81. The predicted octanol–water partition coefficient (Wildman–Crippen LogP) is 4.45. The summed E-state index contributed by atoms with van der Waals surface area (Å²) in [6, 6.07) is 7.88. The molecule has 0 bridgehead atoms. The number of carbonyl (C=O) groups excluding carboxylic acids is 1. The first kappa shape index (κ1) is 18.4. The number of ether oxygens (including phenoxy) is 2. The maximum atomic E-state index is 13.0. The highest BCUT2D eigenvalue weighted by molar-refractivity contribution is 6.32. The molecular formula is C18H15ClF3NO3. The maximum Gasteiger partial charge on any atom is 0.417 e. The SMILES string of the molecule is O=C(NCc1cc(Cl)c2c(c1)OCCCO2)c1ccccc1C(F)(F)F. The zero-order valence-corrected chi connectivity index (χ0v) is 14.3. The van der Waals surface area contributed by atoms with Crippen molar-refractivity contribution in [1.29, 1.82) is 0 Å². The van der Waals surface area contributed by atoms with Crippen molar-refractivity contribution in [1.82, 2.24) is 5.32 Å². The summed E-state index contributed by atoms with van der Waals surface area (Å²) in [5.74, 6) is 0.0674. The molecule has 1 heterocycles. The minimum atomic E-state index is -4.60. The first-order valence-corrected chi connectivity index (χ1v) is 8.26. The molecule has 0 aromatic heterocycles.